The standard InChI is InChI=1S/C12H14N2O4/c1-8-5-9(14-18-8)6-13-7-10-3-4-11(17-10)12(15)16-2/h3-5,13H,6-7H2,1-2H3. The summed E-state index contributed by atoms with van der Waals surface area (Å²) in [4.78, 5) is 11.2. The highest BCUT2D eigenvalue weighted by atomic mass is 16.5. The monoisotopic (exact) mass is 250 g/mol. The van der Waals surface area contributed by atoms with Crippen LogP contribution >= 0.6 is 0 Å². The van der Waals surface area contributed by atoms with Crippen molar-refractivity contribution in [3.63, 3.8) is 0 Å². The van der Waals surface area contributed by atoms with E-state index in [-0.39, 0.29) is 5.76 Å². The van der Waals surface area contributed by atoms with Crippen LogP contribution in [0.2, 0.25) is 0 Å². The number of carbonyl (C=O) groups is 1. The predicted molar refractivity (Wildman–Crippen MR) is 61.8 cm³/mol. The average Bonchev–Trinajstić information content (AvgIpc) is 2.98. The van der Waals surface area contributed by atoms with Gasteiger partial charge >= 0.3 is 5.97 Å². The number of hydrogen-bond acceptors (Lipinski definition) is 6. The van der Waals surface area contributed by atoms with Crippen molar-refractivity contribution in [3.05, 3.63) is 41.2 Å². The third kappa shape index (κ3) is 2.98. The Morgan fingerprint density at radius 3 is 2.94 bits per heavy atom. The molecule has 18 heavy (non-hydrogen) atoms. The van der Waals surface area contributed by atoms with Crippen molar-refractivity contribution in [2.45, 2.75) is 20.0 Å². The van der Waals surface area contributed by atoms with Gasteiger partial charge < -0.3 is 19.0 Å². The van der Waals surface area contributed by atoms with Gasteiger partial charge in [0.05, 0.1) is 19.3 Å². The van der Waals surface area contributed by atoms with Gasteiger partial charge in [-0.25, -0.2) is 4.79 Å². The third-order valence-electron chi connectivity index (χ3n) is 2.33. The molecule has 0 unspecified atom stereocenters. The van der Waals surface area contributed by atoms with Crippen LogP contribution in [0.1, 0.15) is 27.8 Å². The van der Waals surface area contributed by atoms with Crippen LogP contribution in [0.4, 0.5) is 0 Å². The Morgan fingerprint density at radius 2 is 2.28 bits per heavy atom. The molecule has 0 aliphatic carbocycles. The molecule has 0 atom stereocenters. The number of nitrogens with zero attached hydrogens (tertiary/aromatic N) is 1. The van der Waals surface area contributed by atoms with E-state index in [1.165, 1.54) is 7.11 Å². The van der Waals surface area contributed by atoms with Crippen LogP contribution in [-0.2, 0) is 17.8 Å². The van der Waals surface area contributed by atoms with Gasteiger partial charge in [0, 0.05) is 12.6 Å². The molecule has 1 N–H and O–H groups in total. The van der Waals surface area contributed by atoms with E-state index < -0.39 is 5.97 Å². The summed E-state index contributed by atoms with van der Waals surface area (Å²) in [5, 5.41) is 6.98. The molecule has 0 aliphatic heterocycles. The zero-order chi connectivity index (χ0) is 13.0. The van der Waals surface area contributed by atoms with Crippen molar-refractivity contribution < 1.29 is 18.5 Å². The lowest BCUT2D eigenvalue weighted by Crippen LogP contribution is -2.12. The first-order chi connectivity index (χ1) is 8.69. The Bertz CT molecular complexity index is 530. The van der Waals surface area contributed by atoms with Crippen LogP contribution in [0, 0.1) is 6.92 Å². The SMILES string of the molecule is COC(=O)c1ccc(CNCc2cc(C)on2)o1. The maximum atomic E-state index is 11.2. The van der Waals surface area contributed by atoms with E-state index in [0.29, 0.717) is 18.8 Å². The Balaban J connectivity index is 1.83. The molecule has 0 bridgehead atoms. The van der Waals surface area contributed by atoms with Gasteiger partial charge in [-0.15, -0.1) is 0 Å². The minimum atomic E-state index is -0.478. The van der Waals surface area contributed by atoms with Gasteiger partial charge in [0.25, 0.3) is 0 Å². The summed E-state index contributed by atoms with van der Waals surface area (Å²) in [6.45, 7) is 2.92. The number of carbonyl (C=O) groups excluding carboxylic acids is 1. The molecule has 0 aromatic carbocycles. The summed E-state index contributed by atoms with van der Waals surface area (Å²) in [6, 6.07) is 5.17. The molecule has 2 heterocycles. The van der Waals surface area contributed by atoms with Gasteiger partial charge in [0.2, 0.25) is 5.76 Å². The Kier molecular flexibility index (Phi) is 3.78. The summed E-state index contributed by atoms with van der Waals surface area (Å²) in [5.74, 6) is 1.16. The minimum Gasteiger partial charge on any atom is -0.463 e. The molecule has 96 valence electrons. The lowest BCUT2D eigenvalue weighted by Gasteiger charge is -1.98. The minimum absolute atomic E-state index is 0.201. The van der Waals surface area contributed by atoms with E-state index in [1.807, 2.05) is 13.0 Å². The summed E-state index contributed by atoms with van der Waals surface area (Å²) in [7, 11) is 1.32. The Hall–Kier alpha value is -2.08. The van der Waals surface area contributed by atoms with Crippen molar-refractivity contribution in [3.8, 4) is 0 Å². The van der Waals surface area contributed by atoms with E-state index in [2.05, 4.69) is 15.2 Å². The summed E-state index contributed by atoms with van der Waals surface area (Å²) in [5.41, 5.74) is 0.826. The molecule has 0 saturated heterocycles. The van der Waals surface area contributed by atoms with Crippen molar-refractivity contribution in [1.82, 2.24) is 10.5 Å². The molecular weight excluding hydrogens is 236 g/mol. The first-order valence-corrected chi connectivity index (χ1v) is 5.49. The molecule has 0 amide bonds. The lowest BCUT2D eigenvalue weighted by molar-refractivity contribution is 0.0563. The fourth-order valence-corrected chi connectivity index (χ4v) is 1.50. The average molecular weight is 250 g/mol. The highest BCUT2D eigenvalue weighted by Gasteiger charge is 2.10. The maximum Gasteiger partial charge on any atom is 0.373 e. The molecule has 0 radical (unpaired) electrons. The molecule has 2 rings (SSSR count). The summed E-state index contributed by atoms with van der Waals surface area (Å²) in [6.07, 6.45) is 0. The van der Waals surface area contributed by atoms with E-state index in [1.54, 1.807) is 12.1 Å². The van der Waals surface area contributed by atoms with Crippen LogP contribution < -0.4 is 5.32 Å². The number of aromatic nitrogens is 1. The van der Waals surface area contributed by atoms with E-state index in [9.17, 15) is 4.79 Å². The van der Waals surface area contributed by atoms with Gasteiger partial charge in [-0.2, -0.15) is 0 Å². The zero-order valence-electron chi connectivity index (χ0n) is 10.2. The highest BCUT2D eigenvalue weighted by Crippen LogP contribution is 2.09. The van der Waals surface area contributed by atoms with Gasteiger partial charge in [0.15, 0.2) is 0 Å². The smallest absolute Gasteiger partial charge is 0.373 e. The molecule has 2 aromatic rings. The fourth-order valence-electron chi connectivity index (χ4n) is 1.50. The number of furan rings is 1. The topological polar surface area (TPSA) is 77.5 Å². The molecule has 6 nitrogen and oxygen atoms in total. The number of esters is 1. The molecular formula is C12H14N2O4. The molecule has 0 spiro atoms. The number of hydrogen-bond donors (Lipinski definition) is 1. The molecule has 0 fully saturated rings. The van der Waals surface area contributed by atoms with Gasteiger partial charge in [0.1, 0.15) is 11.5 Å². The number of methoxy groups -OCH3 is 1. The van der Waals surface area contributed by atoms with Gasteiger partial charge in [-0.1, -0.05) is 5.16 Å². The second-order valence-corrected chi connectivity index (χ2v) is 3.79. The van der Waals surface area contributed by atoms with E-state index in [0.717, 1.165) is 11.5 Å². The van der Waals surface area contributed by atoms with Crippen molar-refractivity contribution >= 4 is 5.97 Å². The van der Waals surface area contributed by atoms with Crippen LogP contribution in [-0.4, -0.2) is 18.2 Å². The van der Waals surface area contributed by atoms with E-state index in [4.69, 9.17) is 8.94 Å². The summed E-state index contributed by atoms with van der Waals surface area (Å²) >= 11 is 0. The quantitative estimate of drug-likeness (QED) is 0.813. The lowest BCUT2D eigenvalue weighted by atomic mass is 10.3. The van der Waals surface area contributed by atoms with Crippen molar-refractivity contribution in [2.75, 3.05) is 7.11 Å². The van der Waals surface area contributed by atoms with Crippen molar-refractivity contribution in [2.24, 2.45) is 0 Å². The van der Waals surface area contributed by atoms with Gasteiger partial charge in [-0.05, 0) is 19.1 Å². The van der Waals surface area contributed by atoms with Crippen LogP contribution in [0.25, 0.3) is 0 Å². The number of nitrogens with one attached hydrogen (secondary N) is 1. The number of ether oxygens (including phenoxy) is 1. The molecule has 0 saturated carbocycles. The van der Waals surface area contributed by atoms with Crippen LogP contribution in [0.5, 0.6) is 0 Å². The second-order valence-electron chi connectivity index (χ2n) is 3.79. The fraction of sp³-hybridized carbons (Fsp3) is 0.333. The Labute approximate surface area is 104 Å². The van der Waals surface area contributed by atoms with Crippen molar-refractivity contribution in [1.29, 1.82) is 0 Å². The normalized spacial score (nSPS) is 10.6. The number of rotatable bonds is 5. The maximum absolute atomic E-state index is 11.2. The first-order valence-electron chi connectivity index (χ1n) is 5.49. The van der Waals surface area contributed by atoms with Crippen LogP contribution in [0.3, 0.4) is 0 Å². The second kappa shape index (κ2) is 5.50. The van der Waals surface area contributed by atoms with E-state index >= 15 is 0 Å². The van der Waals surface area contributed by atoms with Gasteiger partial charge in [-0.3, -0.25) is 0 Å². The zero-order valence-corrected chi connectivity index (χ0v) is 10.2. The predicted octanol–water partition coefficient (Wildman–Crippen LogP) is 1.65. The van der Waals surface area contributed by atoms with Crippen LogP contribution in [0.15, 0.2) is 27.1 Å². The summed E-state index contributed by atoms with van der Waals surface area (Å²) < 4.78 is 14.8. The third-order valence-corrected chi connectivity index (χ3v) is 2.33. The largest absolute Gasteiger partial charge is 0.463 e. The Morgan fingerprint density at radius 1 is 1.44 bits per heavy atom. The number of aryl methyl sites for hydroxylation is 1. The molecule has 6 heteroatoms. The highest BCUT2D eigenvalue weighted by molar-refractivity contribution is 5.86. The molecule has 0 aliphatic rings. The first kappa shape index (κ1) is 12.4. The molecule has 2 aromatic heterocycles.